The molecule has 1 amide bonds. The summed E-state index contributed by atoms with van der Waals surface area (Å²) in [4.78, 5) is 17.8. The minimum atomic E-state index is 0.00498. The van der Waals surface area contributed by atoms with Gasteiger partial charge < -0.3 is 15.0 Å². The summed E-state index contributed by atoms with van der Waals surface area (Å²) in [5, 5.41) is 3.78. The van der Waals surface area contributed by atoms with Crippen LogP contribution in [0, 0.1) is 0 Å². The molecule has 1 saturated heterocycles. The Morgan fingerprint density at radius 2 is 1.90 bits per heavy atom. The van der Waals surface area contributed by atoms with Gasteiger partial charge in [0.05, 0.1) is 24.8 Å². The number of halogens is 1. The molecule has 2 aromatic rings. The molecule has 0 spiro atoms. The first-order chi connectivity index (χ1) is 14.1. The lowest BCUT2D eigenvalue weighted by atomic mass is 10.2. The highest BCUT2D eigenvalue weighted by atomic mass is 35.5. The first-order valence-corrected chi connectivity index (χ1v) is 11.3. The Kier molecular flexibility index (Phi) is 8.68. The number of morpholine rings is 1. The summed E-state index contributed by atoms with van der Waals surface area (Å²) in [6.07, 6.45) is 0.994. The van der Waals surface area contributed by atoms with E-state index in [1.54, 1.807) is 11.8 Å². The molecular weight excluding hydrogens is 406 g/mol. The van der Waals surface area contributed by atoms with Crippen LogP contribution >= 0.6 is 23.4 Å². The molecule has 5 nitrogen and oxygen atoms in total. The van der Waals surface area contributed by atoms with E-state index in [2.05, 4.69) is 22.3 Å². The maximum atomic E-state index is 12.3. The molecule has 0 aliphatic carbocycles. The molecule has 7 heteroatoms. The van der Waals surface area contributed by atoms with Crippen LogP contribution in [0.2, 0.25) is 5.02 Å². The number of nitrogens with zero attached hydrogens (tertiary/aromatic N) is 2. The number of likely N-dealkylation sites (N-methyl/N-ethyl adjacent to an activating group) is 1. The van der Waals surface area contributed by atoms with Gasteiger partial charge in [-0.15, -0.1) is 11.8 Å². The van der Waals surface area contributed by atoms with Gasteiger partial charge in [-0.3, -0.25) is 9.69 Å². The molecule has 0 atom stereocenters. The maximum absolute atomic E-state index is 12.3. The van der Waals surface area contributed by atoms with Gasteiger partial charge in [0.2, 0.25) is 5.91 Å². The largest absolute Gasteiger partial charge is 0.378 e. The van der Waals surface area contributed by atoms with E-state index in [0.717, 1.165) is 60.6 Å². The van der Waals surface area contributed by atoms with Crippen LogP contribution in [0.3, 0.4) is 0 Å². The smallest absolute Gasteiger partial charge is 0.238 e. The second-order valence-corrected chi connectivity index (χ2v) is 8.61. The molecule has 0 bridgehead atoms. The standard InChI is InChI=1S/C22H28ClN3O2S/c1-25(11-4-16-29-21-6-3-2-5-20(21)23)17-22(27)24-18-7-9-19(10-8-18)26-12-14-28-15-13-26/h2-3,5-10H,4,11-17H2,1H3,(H,24,27). The van der Waals surface area contributed by atoms with Gasteiger partial charge in [-0.25, -0.2) is 0 Å². The summed E-state index contributed by atoms with van der Waals surface area (Å²) in [5.74, 6) is 0.976. The molecule has 0 radical (unpaired) electrons. The topological polar surface area (TPSA) is 44.8 Å². The van der Waals surface area contributed by atoms with Crippen LogP contribution in [0.1, 0.15) is 6.42 Å². The number of anilines is 2. The van der Waals surface area contributed by atoms with E-state index in [9.17, 15) is 4.79 Å². The minimum Gasteiger partial charge on any atom is -0.378 e. The van der Waals surface area contributed by atoms with Crippen LogP contribution in [-0.2, 0) is 9.53 Å². The van der Waals surface area contributed by atoms with E-state index >= 15 is 0 Å². The normalized spacial score (nSPS) is 14.2. The molecule has 1 heterocycles. The van der Waals surface area contributed by atoms with E-state index in [1.807, 2.05) is 48.3 Å². The van der Waals surface area contributed by atoms with Gasteiger partial charge in [0.1, 0.15) is 0 Å². The van der Waals surface area contributed by atoms with Crippen LogP contribution in [-0.4, -0.2) is 63.0 Å². The summed E-state index contributed by atoms with van der Waals surface area (Å²) >= 11 is 7.93. The second-order valence-electron chi connectivity index (χ2n) is 7.06. The van der Waals surface area contributed by atoms with Gasteiger partial charge in [-0.1, -0.05) is 23.7 Å². The number of nitrogens with one attached hydrogen (secondary N) is 1. The lowest BCUT2D eigenvalue weighted by Crippen LogP contribution is -2.36. The first-order valence-electron chi connectivity index (χ1n) is 9.90. The van der Waals surface area contributed by atoms with Crippen molar-refractivity contribution in [1.82, 2.24) is 4.90 Å². The van der Waals surface area contributed by atoms with Crippen molar-refractivity contribution in [3.05, 3.63) is 53.6 Å². The number of carbonyl (C=O) groups excluding carboxylic acids is 1. The third-order valence-corrected chi connectivity index (χ3v) is 6.32. The van der Waals surface area contributed by atoms with E-state index < -0.39 is 0 Å². The van der Waals surface area contributed by atoms with Gasteiger partial charge in [-0.2, -0.15) is 0 Å². The zero-order valence-electron chi connectivity index (χ0n) is 16.8. The van der Waals surface area contributed by atoms with Crippen molar-refractivity contribution < 1.29 is 9.53 Å². The number of hydrogen-bond donors (Lipinski definition) is 1. The molecule has 29 heavy (non-hydrogen) atoms. The van der Waals surface area contributed by atoms with Gasteiger partial charge in [0.15, 0.2) is 0 Å². The highest BCUT2D eigenvalue weighted by molar-refractivity contribution is 7.99. The fraction of sp³-hybridized carbons (Fsp3) is 0.409. The average molecular weight is 434 g/mol. The Balaban J connectivity index is 1.35. The predicted octanol–water partition coefficient (Wildman–Crippen LogP) is 4.23. The maximum Gasteiger partial charge on any atom is 0.238 e. The van der Waals surface area contributed by atoms with Crippen molar-refractivity contribution in [2.75, 3.05) is 62.4 Å². The van der Waals surface area contributed by atoms with Crippen LogP contribution in [0.25, 0.3) is 0 Å². The van der Waals surface area contributed by atoms with Crippen molar-refractivity contribution in [3.63, 3.8) is 0 Å². The summed E-state index contributed by atoms with van der Waals surface area (Å²) in [5.41, 5.74) is 1.99. The van der Waals surface area contributed by atoms with E-state index in [-0.39, 0.29) is 5.91 Å². The number of ether oxygens (including phenoxy) is 1. The summed E-state index contributed by atoms with van der Waals surface area (Å²) in [6, 6.07) is 15.9. The first kappa shape index (κ1) is 22.0. The Morgan fingerprint density at radius 3 is 2.62 bits per heavy atom. The van der Waals surface area contributed by atoms with Gasteiger partial charge >= 0.3 is 0 Å². The molecule has 0 unspecified atom stereocenters. The lowest BCUT2D eigenvalue weighted by molar-refractivity contribution is -0.117. The molecule has 1 aliphatic rings. The SMILES string of the molecule is CN(CCCSc1ccccc1Cl)CC(=O)Nc1ccc(N2CCOCC2)cc1. The zero-order chi connectivity index (χ0) is 20.5. The Morgan fingerprint density at radius 1 is 1.17 bits per heavy atom. The number of rotatable bonds is 9. The van der Waals surface area contributed by atoms with Gasteiger partial charge in [0.25, 0.3) is 0 Å². The number of benzene rings is 2. The molecule has 0 aromatic heterocycles. The fourth-order valence-electron chi connectivity index (χ4n) is 3.18. The van der Waals surface area contributed by atoms with E-state index in [1.165, 1.54) is 5.69 Å². The van der Waals surface area contributed by atoms with E-state index in [4.69, 9.17) is 16.3 Å². The predicted molar refractivity (Wildman–Crippen MR) is 122 cm³/mol. The Bertz CT molecular complexity index is 782. The molecule has 1 fully saturated rings. The molecule has 1 aliphatic heterocycles. The molecule has 0 saturated carbocycles. The van der Waals surface area contributed by atoms with Gasteiger partial charge in [-0.05, 0) is 62.2 Å². The molecule has 3 rings (SSSR count). The third kappa shape index (κ3) is 7.23. The van der Waals surface area contributed by atoms with Crippen molar-refractivity contribution >= 4 is 40.6 Å². The number of thioether (sulfide) groups is 1. The Labute approximate surface area is 182 Å². The second kappa shape index (κ2) is 11.5. The number of carbonyl (C=O) groups is 1. The Hall–Kier alpha value is -1.73. The zero-order valence-corrected chi connectivity index (χ0v) is 18.3. The monoisotopic (exact) mass is 433 g/mol. The van der Waals surface area contributed by atoms with Crippen molar-refractivity contribution in [2.24, 2.45) is 0 Å². The molecular formula is C22H28ClN3O2S. The van der Waals surface area contributed by atoms with Crippen molar-refractivity contribution in [3.8, 4) is 0 Å². The summed E-state index contributed by atoms with van der Waals surface area (Å²) in [7, 11) is 1.97. The van der Waals surface area contributed by atoms with Crippen LogP contribution in [0.5, 0.6) is 0 Å². The lowest BCUT2D eigenvalue weighted by Gasteiger charge is -2.28. The quantitative estimate of drug-likeness (QED) is 0.473. The average Bonchev–Trinajstić information content (AvgIpc) is 2.73. The summed E-state index contributed by atoms with van der Waals surface area (Å²) < 4.78 is 5.39. The fourth-order valence-corrected chi connectivity index (χ4v) is 4.35. The highest BCUT2D eigenvalue weighted by Crippen LogP contribution is 2.26. The van der Waals surface area contributed by atoms with Crippen molar-refractivity contribution in [1.29, 1.82) is 0 Å². The highest BCUT2D eigenvalue weighted by Gasteiger charge is 2.12. The molecule has 1 N–H and O–H groups in total. The number of hydrogen-bond acceptors (Lipinski definition) is 5. The van der Waals surface area contributed by atoms with Crippen LogP contribution < -0.4 is 10.2 Å². The molecule has 156 valence electrons. The summed E-state index contributed by atoms with van der Waals surface area (Å²) in [6.45, 7) is 4.59. The molecule has 2 aromatic carbocycles. The van der Waals surface area contributed by atoms with Crippen LogP contribution in [0.15, 0.2) is 53.4 Å². The third-order valence-electron chi connectivity index (χ3n) is 4.72. The number of amides is 1. The van der Waals surface area contributed by atoms with Crippen LogP contribution in [0.4, 0.5) is 11.4 Å². The van der Waals surface area contributed by atoms with E-state index in [0.29, 0.717) is 6.54 Å². The van der Waals surface area contributed by atoms with Gasteiger partial charge in [0, 0.05) is 29.4 Å². The minimum absolute atomic E-state index is 0.00498. The van der Waals surface area contributed by atoms with Crippen molar-refractivity contribution in [2.45, 2.75) is 11.3 Å².